The molecule has 28 heavy (non-hydrogen) atoms. The van der Waals surface area contributed by atoms with E-state index in [-0.39, 0.29) is 5.91 Å². The molecule has 0 atom stereocenters. The normalized spacial score (nSPS) is 11.0. The van der Waals surface area contributed by atoms with Gasteiger partial charge in [0.2, 0.25) is 11.1 Å². The molecule has 0 spiro atoms. The molecular formula is C19H22ClN5OS2. The largest absolute Gasteiger partial charge is 0.274 e. The van der Waals surface area contributed by atoms with Crippen LogP contribution in [0.15, 0.2) is 22.7 Å². The van der Waals surface area contributed by atoms with Crippen molar-refractivity contribution >= 4 is 51.4 Å². The third-order valence-corrected chi connectivity index (χ3v) is 6.06. The van der Waals surface area contributed by atoms with Gasteiger partial charge in [-0.15, -0.1) is 16.4 Å². The van der Waals surface area contributed by atoms with Gasteiger partial charge in [-0.3, -0.25) is 14.8 Å². The van der Waals surface area contributed by atoms with Crippen LogP contribution in [0.3, 0.4) is 0 Å². The van der Waals surface area contributed by atoms with Gasteiger partial charge < -0.3 is 0 Å². The van der Waals surface area contributed by atoms with Crippen LogP contribution in [-0.2, 0) is 17.0 Å². The Bertz CT molecular complexity index is 961. The molecule has 1 aromatic carbocycles. The van der Waals surface area contributed by atoms with Crippen molar-refractivity contribution in [1.82, 2.24) is 20.2 Å². The highest BCUT2D eigenvalue weighted by atomic mass is 35.5. The topological polar surface area (TPSA) is 74.8 Å². The van der Waals surface area contributed by atoms with Crippen molar-refractivity contribution in [3.05, 3.63) is 45.2 Å². The van der Waals surface area contributed by atoms with E-state index in [9.17, 15) is 4.79 Å². The van der Waals surface area contributed by atoms with Crippen LogP contribution in [-0.4, -0.2) is 26.1 Å². The van der Waals surface area contributed by atoms with Crippen molar-refractivity contribution in [3.8, 4) is 0 Å². The Morgan fingerprint density at radius 3 is 2.79 bits per heavy atom. The maximum absolute atomic E-state index is 12.4. The molecular weight excluding hydrogens is 414 g/mol. The first-order valence-corrected chi connectivity index (χ1v) is 11.2. The molecule has 0 bridgehead atoms. The Morgan fingerprint density at radius 1 is 1.32 bits per heavy atom. The molecule has 0 aliphatic rings. The lowest BCUT2D eigenvalue weighted by atomic mass is 10.1. The van der Waals surface area contributed by atoms with Gasteiger partial charge in [-0.2, -0.15) is 0 Å². The second-order valence-electron chi connectivity index (χ2n) is 6.49. The minimum atomic E-state index is -0.124. The summed E-state index contributed by atoms with van der Waals surface area (Å²) >= 11 is 9.40. The minimum absolute atomic E-state index is 0.124. The minimum Gasteiger partial charge on any atom is -0.274 e. The molecule has 0 aliphatic carbocycles. The maximum atomic E-state index is 12.4. The summed E-state index contributed by atoms with van der Waals surface area (Å²) < 4.78 is 0. The average Bonchev–Trinajstić information content (AvgIpc) is 3.25. The van der Waals surface area contributed by atoms with E-state index in [0.29, 0.717) is 26.8 Å². The third kappa shape index (κ3) is 4.74. The predicted octanol–water partition coefficient (Wildman–Crippen LogP) is 5.46. The number of thioether (sulfide) groups is 1. The quantitative estimate of drug-likeness (QED) is 0.498. The number of carbonyl (C=O) groups is 1. The molecule has 3 rings (SSSR count). The molecule has 0 saturated carbocycles. The highest BCUT2D eigenvalue weighted by Gasteiger charge is 2.22. The van der Waals surface area contributed by atoms with Gasteiger partial charge in [0.1, 0.15) is 5.82 Å². The van der Waals surface area contributed by atoms with E-state index >= 15 is 0 Å². The van der Waals surface area contributed by atoms with Crippen LogP contribution in [0.25, 0.3) is 0 Å². The van der Waals surface area contributed by atoms with E-state index in [1.165, 1.54) is 30.0 Å². The number of nitrogens with zero attached hydrogens (tertiary/aromatic N) is 4. The molecule has 9 heteroatoms. The van der Waals surface area contributed by atoms with Gasteiger partial charge in [0.25, 0.3) is 0 Å². The highest BCUT2D eigenvalue weighted by molar-refractivity contribution is 7.98. The van der Waals surface area contributed by atoms with E-state index in [2.05, 4.69) is 27.1 Å². The highest BCUT2D eigenvalue weighted by Crippen LogP contribution is 2.37. The number of carbonyl (C=O) groups excluding carboxylic acids is 1. The second kappa shape index (κ2) is 9.07. The van der Waals surface area contributed by atoms with E-state index < -0.39 is 0 Å². The Kier molecular flexibility index (Phi) is 6.74. The van der Waals surface area contributed by atoms with Gasteiger partial charge in [-0.25, -0.2) is 9.97 Å². The lowest BCUT2D eigenvalue weighted by molar-refractivity contribution is -0.115. The SMILES string of the molecule is CCCc1nc(SCc2csc(N(C(C)=O)c3c(C)cc(C)cc3Cl)n2)n[nH]1. The number of thiazole rings is 1. The van der Waals surface area contributed by atoms with E-state index in [1.54, 1.807) is 4.90 Å². The summed E-state index contributed by atoms with van der Waals surface area (Å²) in [5.74, 6) is 1.41. The van der Waals surface area contributed by atoms with Crippen LogP contribution in [0.5, 0.6) is 0 Å². The van der Waals surface area contributed by atoms with E-state index in [0.717, 1.165) is 35.5 Å². The maximum Gasteiger partial charge on any atom is 0.230 e. The third-order valence-electron chi connectivity index (χ3n) is 4.01. The number of halogens is 1. The van der Waals surface area contributed by atoms with Crippen LogP contribution >= 0.6 is 34.7 Å². The number of H-pyrrole nitrogens is 1. The monoisotopic (exact) mass is 435 g/mol. The summed E-state index contributed by atoms with van der Waals surface area (Å²) in [5.41, 5.74) is 3.56. The molecule has 148 valence electrons. The molecule has 0 saturated heterocycles. The zero-order valence-electron chi connectivity index (χ0n) is 16.2. The molecule has 2 heterocycles. The van der Waals surface area contributed by atoms with Gasteiger partial charge >= 0.3 is 0 Å². The first-order valence-electron chi connectivity index (χ1n) is 8.95. The molecule has 0 aliphatic heterocycles. The molecule has 0 fully saturated rings. The molecule has 6 nitrogen and oxygen atoms in total. The Balaban J connectivity index is 1.79. The van der Waals surface area contributed by atoms with Crippen LogP contribution in [0.1, 0.15) is 42.9 Å². The zero-order chi connectivity index (χ0) is 20.3. The van der Waals surface area contributed by atoms with Gasteiger partial charge in [0, 0.05) is 24.5 Å². The van der Waals surface area contributed by atoms with Crippen molar-refractivity contribution in [2.45, 2.75) is 51.4 Å². The summed E-state index contributed by atoms with van der Waals surface area (Å²) in [4.78, 5) is 23.1. The summed E-state index contributed by atoms with van der Waals surface area (Å²) in [6.07, 6.45) is 1.91. The van der Waals surface area contributed by atoms with Crippen molar-refractivity contribution in [3.63, 3.8) is 0 Å². The number of aryl methyl sites for hydroxylation is 3. The predicted molar refractivity (Wildman–Crippen MR) is 116 cm³/mol. The lowest BCUT2D eigenvalue weighted by Gasteiger charge is -2.22. The number of nitrogens with one attached hydrogen (secondary N) is 1. The summed E-state index contributed by atoms with van der Waals surface area (Å²) in [6, 6.07) is 3.87. The van der Waals surface area contributed by atoms with Crippen LogP contribution in [0, 0.1) is 13.8 Å². The fraction of sp³-hybridized carbons (Fsp3) is 0.368. The number of aromatic nitrogens is 4. The Labute approximate surface area is 177 Å². The number of aromatic amines is 1. The number of amides is 1. The molecule has 0 radical (unpaired) electrons. The molecule has 1 amide bonds. The van der Waals surface area contributed by atoms with Crippen LogP contribution in [0.4, 0.5) is 10.8 Å². The second-order valence-corrected chi connectivity index (χ2v) is 8.68. The number of rotatable bonds is 7. The smallest absolute Gasteiger partial charge is 0.230 e. The first kappa shape index (κ1) is 20.8. The fourth-order valence-electron chi connectivity index (χ4n) is 2.87. The van der Waals surface area contributed by atoms with E-state index in [1.807, 2.05) is 31.4 Å². The molecule has 1 N–H and O–H groups in total. The number of hydrogen-bond acceptors (Lipinski definition) is 6. The van der Waals surface area contributed by atoms with Crippen LogP contribution in [0.2, 0.25) is 5.02 Å². The van der Waals surface area contributed by atoms with Crippen molar-refractivity contribution in [1.29, 1.82) is 0 Å². The lowest BCUT2D eigenvalue weighted by Crippen LogP contribution is -2.24. The summed E-state index contributed by atoms with van der Waals surface area (Å²) in [6.45, 7) is 7.56. The molecule has 3 aromatic rings. The van der Waals surface area contributed by atoms with Gasteiger partial charge in [0.15, 0.2) is 5.13 Å². The standard InChI is InChI=1S/C19H22ClN5OS2/c1-5-6-16-22-18(24-23-16)27-9-14-10-28-19(21-14)25(13(4)26)17-12(3)7-11(2)8-15(17)20/h7-8,10H,5-6,9H2,1-4H3,(H,22,23,24). The van der Waals surface area contributed by atoms with Gasteiger partial charge in [0.05, 0.1) is 16.4 Å². The van der Waals surface area contributed by atoms with Crippen molar-refractivity contribution in [2.24, 2.45) is 0 Å². The Hall–Kier alpha value is -1.90. The summed E-state index contributed by atoms with van der Waals surface area (Å²) in [5, 5.41) is 11.0. The number of anilines is 2. The van der Waals surface area contributed by atoms with Gasteiger partial charge in [-0.05, 0) is 37.5 Å². The van der Waals surface area contributed by atoms with Gasteiger partial charge in [-0.1, -0.05) is 36.4 Å². The molecule has 2 aromatic heterocycles. The number of hydrogen-bond donors (Lipinski definition) is 1. The van der Waals surface area contributed by atoms with Crippen LogP contribution < -0.4 is 4.90 Å². The number of benzene rings is 1. The average molecular weight is 436 g/mol. The molecule has 0 unspecified atom stereocenters. The van der Waals surface area contributed by atoms with Crippen molar-refractivity contribution < 1.29 is 4.79 Å². The fourth-order valence-corrected chi connectivity index (χ4v) is 4.97. The van der Waals surface area contributed by atoms with Crippen molar-refractivity contribution in [2.75, 3.05) is 4.90 Å². The van der Waals surface area contributed by atoms with E-state index in [4.69, 9.17) is 11.6 Å². The summed E-state index contributed by atoms with van der Waals surface area (Å²) in [7, 11) is 0. The first-order chi connectivity index (χ1) is 13.4. The Morgan fingerprint density at radius 2 is 2.11 bits per heavy atom. The zero-order valence-corrected chi connectivity index (χ0v) is 18.6.